The second kappa shape index (κ2) is 7.09. The first kappa shape index (κ1) is 17.0. The third kappa shape index (κ3) is 4.80. The standard InChI is InChI=1S/C15H21BrO4/c1-10-12(19-9-8-18-5)7-6-11(16)13(10)14(17)20-15(2,3)4/h6-7H,8-9H2,1-5H3. The zero-order chi connectivity index (χ0) is 15.3. The van der Waals surface area contributed by atoms with Crippen molar-refractivity contribution in [1.29, 1.82) is 0 Å². The monoisotopic (exact) mass is 344 g/mol. The van der Waals surface area contributed by atoms with Crippen molar-refractivity contribution >= 4 is 21.9 Å². The molecule has 0 aromatic heterocycles. The minimum Gasteiger partial charge on any atom is -0.491 e. The summed E-state index contributed by atoms with van der Waals surface area (Å²) in [5.74, 6) is 0.296. The van der Waals surface area contributed by atoms with Crippen LogP contribution in [-0.4, -0.2) is 31.9 Å². The molecule has 0 saturated heterocycles. The van der Waals surface area contributed by atoms with Crippen LogP contribution in [0, 0.1) is 6.92 Å². The number of halogens is 1. The van der Waals surface area contributed by atoms with Crippen LogP contribution in [0.5, 0.6) is 5.75 Å². The molecular formula is C15H21BrO4. The molecule has 0 saturated carbocycles. The Balaban J connectivity index is 3.00. The fraction of sp³-hybridized carbons (Fsp3) is 0.533. The Morgan fingerprint density at radius 3 is 2.45 bits per heavy atom. The van der Waals surface area contributed by atoms with Crippen LogP contribution >= 0.6 is 15.9 Å². The summed E-state index contributed by atoms with van der Waals surface area (Å²) < 4.78 is 16.7. The van der Waals surface area contributed by atoms with Gasteiger partial charge in [0.1, 0.15) is 18.0 Å². The molecular weight excluding hydrogens is 324 g/mol. The lowest BCUT2D eigenvalue weighted by molar-refractivity contribution is 0.00671. The van der Waals surface area contributed by atoms with Crippen molar-refractivity contribution in [3.63, 3.8) is 0 Å². The summed E-state index contributed by atoms with van der Waals surface area (Å²) in [7, 11) is 1.62. The Hall–Kier alpha value is -1.07. The highest BCUT2D eigenvalue weighted by Gasteiger charge is 2.23. The van der Waals surface area contributed by atoms with E-state index in [0.29, 0.717) is 29.0 Å². The highest BCUT2D eigenvalue weighted by atomic mass is 79.9. The molecule has 0 spiro atoms. The molecule has 20 heavy (non-hydrogen) atoms. The van der Waals surface area contributed by atoms with Gasteiger partial charge in [-0.2, -0.15) is 0 Å². The van der Waals surface area contributed by atoms with Crippen LogP contribution in [0.2, 0.25) is 0 Å². The van der Waals surface area contributed by atoms with E-state index in [1.807, 2.05) is 33.8 Å². The second-order valence-corrected chi connectivity index (χ2v) is 6.24. The van der Waals surface area contributed by atoms with Gasteiger partial charge < -0.3 is 14.2 Å². The molecule has 0 aliphatic rings. The van der Waals surface area contributed by atoms with Gasteiger partial charge in [-0.3, -0.25) is 0 Å². The summed E-state index contributed by atoms with van der Waals surface area (Å²) in [4.78, 5) is 12.3. The highest BCUT2D eigenvalue weighted by molar-refractivity contribution is 9.10. The van der Waals surface area contributed by atoms with Gasteiger partial charge in [-0.25, -0.2) is 4.79 Å². The molecule has 0 N–H and O–H groups in total. The van der Waals surface area contributed by atoms with Crippen LogP contribution in [0.1, 0.15) is 36.7 Å². The van der Waals surface area contributed by atoms with Crippen LogP contribution in [0.25, 0.3) is 0 Å². The minimum atomic E-state index is -0.532. The van der Waals surface area contributed by atoms with Gasteiger partial charge in [0, 0.05) is 17.1 Å². The molecule has 0 fully saturated rings. The molecule has 112 valence electrons. The molecule has 4 nitrogen and oxygen atoms in total. The van der Waals surface area contributed by atoms with Crippen molar-refractivity contribution in [2.45, 2.75) is 33.3 Å². The Morgan fingerprint density at radius 2 is 1.90 bits per heavy atom. The molecule has 0 atom stereocenters. The van der Waals surface area contributed by atoms with E-state index in [1.54, 1.807) is 13.2 Å². The minimum absolute atomic E-state index is 0.362. The van der Waals surface area contributed by atoms with Gasteiger partial charge in [0.15, 0.2) is 0 Å². The van der Waals surface area contributed by atoms with E-state index >= 15 is 0 Å². The number of esters is 1. The summed E-state index contributed by atoms with van der Waals surface area (Å²) in [5.41, 5.74) is 0.718. The van der Waals surface area contributed by atoms with Gasteiger partial charge in [0.2, 0.25) is 0 Å². The zero-order valence-electron chi connectivity index (χ0n) is 12.6. The molecule has 5 heteroatoms. The number of rotatable bonds is 5. The largest absolute Gasteiger partial charge is 0.491 e. The predicted molar refractivity (Wildman–Crippen MR) is 81.4 cm³/mol. The van der Waals surface area contributed by atoms with E-state index in [2.05, 4.69) is 15.9 Å². The number of hydrogen-bond donors (Lipinski definition) is 0. The molecule has 0 bridgehead atoms. The van der Waals surface area contributed by atoms with Crippen molar-refractivity contribution in [1.82, 2.24) is 0 Å². The number of carbonyl (C=O) groups is 1. The fourth-order valence-electron chi connectivity index (χ4n) is 1.63. The van der Waals surface area contributed by atoms with Crippen molar-refractivity contribution in [2.24, 2.45) is 0 Å². The first-order valence-corrected chi connectivity index (χ1v) is 7.19. The molecule has 0 aliphatic heterocycles. The van der Waals surface area contributed by atoms with Crippen molar-refractivity contribution in [2.75, 3.05) is 20.3 Å². The third-order valence-corrected chi connectivity index (χ3v) is 3.17. The average Bonchev–Trinajstić information content (AvgIpc) is 2.30. The zero-order valence-corrected chi connectivity index (χ0v) is 14.2. The maximum Gasteiger partial charge on any atom is 0.340 e. The topological polar surface area (TPSA) is 44.8 Å². The van der Waals surface area contributed by atoms with Crippen LogP contribution in [0.4, 0.5) is 0 Å². The second-order valence-electron chi connectivity index (χ2n) is 5.39. The lowest BCUT2D eigenvalue weighted by Gasteiger charge is -2.21. The van der Waals surface area contributed by atoms with Crippen LogP contribution in [-0.2, 0) is 9.47 Å². The van der Waals surface area contributed by atoms with E-state index < -0.39 is 5.60 Å². The van der Waals surface area contributed by atoms with Gasteiger partial charge in [0.25, 0.3) is 0 Å². The molecule has 1 aromatic rings. The number of carbonyl (C=O) groups excluding carboxylic acids is 1. The maximum absolute atomic E-state index is 12.3. The summed E-state index contributed by atoms with van der Waals surface area (Å²) in [6.07, 6.45) is 0. The normalized spacial score (nSPS) is 11.3. The van der Waals surface area contributed by atoms with Gasteiger partial charge in [0.05, 0.1) is 12.2 Å². The molecule has 0 aliphatic carbocycles. The van der Waals surface area contributed by atoms with Crippen molar-refractivity contribution in [3.8, 4) is 5.75 Å². The fourth-order valence-corrected chi connectivity index (χ4v) is 2.22. The Bertz CT molecular complexity index is 477. The van der Waals surface area contributed by atoms with Gasteiger partial charge in [-0.15, -0.1) is 0 Å². The van der Waals surface area contributed by atoms with Crippen molar-refractivity contribution in [3.05, 3.63) is 27.7 Å². The molecule has 0 radical (unpaired) electrons. The smallest absolute Gasteiger partial charge is 0.340 e. The lowest BCUT2D eigenvalue weighted by atomic mass is 10.1. The predicted octanol–water partition coefficient (Wildman–Crippen LogP) is 3.74. The first-order chi connectivity index (χ1) is 9.26. The average molecular weight is 345 g/mol. The third-order valence-electron chi connectivity index (χ3n) is 2.51. The Morgan fingerprint density at radius 1 is 1.25 bits per heavy atom. The van der Waals surface area contributed by atoms with Gasteiger partial charge in [-0.05, 0) is 55.8 Å². The van der Waals surface area contributed by atoms with Crippen LogP contribution in [0.3, 0.4) is 0 Å². The van der Waals surface area contributed by atoms with E-state index in [-0.39, 0.29) is 5.97 Å². The Kier molecular flexibility index (Phi) is 6.02. The summed E-state index contributed by atoms with van der Waals surface area (Å²) in [6.45, 7) is 8.30. The number of ether oxygens (including phenoxy) is 3. The number of benzene rings is 1. The van der Waals surface area contributed by atoms with Gasteiger partial charge >= 0.3 is 5.97 Å². The highest BCUT2D eigenvalue weighted by Crippen LogP contribution is 2.30. The summed E-state index contributed by atoms with van der Waals surface area (Å²) in [5, 5.41) is 0. The molecule has 0 amide bonds. The summed E-state index contributed by atoms with van der Waals surface area (Å²) in [6, 6.07) is 3.61. The lowest BCUT2D eigenvalue weighted by Crippen LogP contribution is -2.24. The van der Waals surface area contributed by atoms with E-state index in [0.717, 1.165) is 5.56 Å². The molecule has 0 heterocycles. The SMILES string of the molecule is COCCOc1ccc(Br)c(C(=O)OC(C)(C)C)c1C. The quantitative estimate of drug-likeness (QED) is 0.602. The Labute approximate surface area is 128 Å². The molecule has 1 aromatic carbocycles. The van der Waals surface area contributed by atoms with Crippen molar-refractivity contribution < 1.29 is 19.0 Å². The molecule has 1 rings (SSSR count). The maximum atomic E-state index is 12.3. The number of methoxy groups -OCH3 is 1. The summed E-state index contributed by atoms with van der Waals surface area (Å²) >= 11 is 3.39. The van der Waals surface area contributed by atoms with Crippen LogP contribution < -0.4 is 4.74 Å². The van der Waals surface area contributed by atoms with E-state index in [4.69, 9.17) is 14.2 Å². The van der Waals surface area contributed by atoms with E-state index in [1.165, 1.54) is 0 Å². The molecule has 0 unspecified atom stereocenters. The van der Waals surface area contributed by atoms with Crippen LogP contribution in [0.15, 0.2) is 16.6 Å². The number of hydrogen-bond acceptors (Lipinski definition) is 4. The van der Waals surface area contributed by atoms with E-state index in [9.17, 15) is 4.79 Å². The first-order valence-electron chi connectivity index (χ1n) is 6.40. The van der Waals surface area contributed by atoms with Gasteiger partial charge in [-0.1, -0.05) is 0 Å².